The van der Waals surface area contributed by atoms with E-state index in [1.165, 1.54) is 0 Å². The fourth-order valence-corrected chi connectivity index (χ4v) is 2.59. The van der Waals surface area contributed by atoms with Gasteiger partial charge >= 0.3 is 0 Å². The highest BCUT2D eigenvalue weighted by molar-refractivity contribution is 5.60. The zero-order valence-corrected chi connectivity index (χ0v) is 13.7. The van der Waals surface area contributed by atoms with E-state index in [1.54, 1.807) is 18.2 Å². The molecule has 2 aromatic carbocycles. The van der Waals surface area contributed by atoms with E-state index in [9.17, 15) is 10.2 Å². The lowest BCUT2D eigenvalue weighted by molar-refractivity contribution is 0.281. The maximum absolute atomic E-state index is 9.22. The molecule has 6 heteroatoms. The van der Waals surface area contributed by atoms with Gasteiger partial charge in [0, 0.05) is 30.9 Å². The number of anilines is 3. The third kappa shape index (κ3) is 4.78. The Morgan fingerprint density at radius 2 is 1.67 bits per heavy atom. The smallest absolute Gasteiger partial charge is 0.142 e. The van der Waals surface area contributed by atoms with Crippen molar-refractivity contribution in [3.8, 4) is 5.75 Å². The Morgan fingerprint density at radius 1 is 0.958 bits per heavy atom. The molecule has 130 valence electrons. The molecule has 0 aromatic heterocycles. The number of ether oxygens (including phenoxy) is 1. The summed E-state index contributed by atoms with van der Waals surface area (Å²) in [5, 5.41) is 18.4. The van der Waals surface area contributed by atoms with E-state index in [4.69, 9.17) is 16.2 Å². The first kappa shape index (κ1) is 17.9. The molecule has 24 heavy (non-hydrogen) atoms. The summed E-state index contributed by atoms with van der Waals surface area (Å²) < 4.78 is 5.75. The zero-order chi connectivity index (χ0) is 17.4. The molecule has 2 rings (SSSR count). The van der Waals surface area contributed by atoms with Crippen molar-refractivity contribution >= 4 is 17.1 Å². The van der Waals surface area contributed by atoms with Crippen molar-refractivity contribution in [1.29, 1.82) is 0 Å². The number of nitrogens with zero attached hydrogens (tertiary/aromatic N) is 1. The second-order valence-corrected chi connectivity index (χ2v) is 5.46. The van der Waals surface area contributed by atoms with E-state index in [-0.39, 0.29) is 13.2 Å². The van der Waals surface area contributed by atoms with Crippen LogP contribution in [-0.2, 0) is 6.42 Å². The van der Waals surface area contributed by atoms with E-state index in [0.29, 0.717) is 43.2 Å². The highest BCUT2D eigenvalue weighted by atomic mass is 16.5. The molecule has 0 saturated carbocycles. The molecule has 0 saturated heterocycles. The van der Waals surface area contributed by atoms with Crippen LogP contribution >= 0.6 is 0 Å². The number of benzene rings is 2. The Morgan fingerprint density at radius 3 is 2.33 bits per heavy atom. The first-order valence-corrected chi connectivity index (χ1v) is 7.98. The summed E-state index contributed by atoms with van der Waals surface area (Å²) in [5.41, 5.74) is 14.8. The summed E-state index contributed by atoms with van der Waals surface area (Å²) in [5.74, 6) is 0.615. The lowest BCUT2D eigenvalue weighted by Crippen LogP contribution is -2.30. The highest BCUT2D eigenvalue weighted by Gasteiger charge is 2.10. The Hall–Kier alpha value is -2.44. The number of nitrogens with two attached hydrogens (primary N) is 2. The normalized spacial score (nSPS) is 10.6. The van der Waals surface area contributed by atoms with E-state index < -0.39 is 0 Å². The lowest BCUT2D eigenvalue weighted by Gasteiger charge is -2.25. The van der Waals surface area contributed by atoms with Crippen molar-refractivity contribution in [2.45, 2.75) is 6.42 Å². The Bertz CT molecular complexity index is 643. The molecule has 0 atom stereocenters. The number of aliphatic hydroxyl groups excluding tert-OH is 2. The van der Waals surface area contributed by atoms with Crippen LogP contribution in [0.1, 0.15) is 5.56 Å². The van der Waals surface area contributed by atoms with Crippen molar-refractivity contribution in [3.63, 3.8) is 0 Å². The molecular weight excluding hydrogens is 306 g/mol. The van der Waals surface area contributed by atoms with E-state index in [0.717, 1.165) is 11.3 Å². The summed E-state index contributed by atoms with van der Waals surface area (Å²) >= 11 is 0. The molecule has 0 radical (unpaired) electrons. The van der Waals surface area contributed by atoms with Gasteiger partial charge in [-0.1, -0.05) is 18.2 Å². The number of para-hydroxylation sites is 1. The van der Waals surface area contributed by atoms with Crippen LogP contribution in [0.3, 0.4) is 0 Å². The summed E-state index contributed by atoms with van der Waals surface area (Å²) in [6.45, 7) is 1.49. The fourth-order valence-electron chi connectivity index (χ4n) is 2.59. The lowest BCUT2D eigenvalue weighted by atomic mass is 10.1. The second-order valence-electron chi connectivity index (χ2n) is 5.46. The van der Waals surface area contributed by atoms with Gasteiger partial charge in [0.1, 0.15) is 5.75 Å². The number of aliphatic hydroxyl groups is 2. The first-order chi connectivity index (χ1) is 11.7. The van der Waals surface area contributed by atoms with Gasteiger partial charge in [-0.05, 0) is 29.8 Å². The number of hydrogen-bond donors (Lipinski definition) is 4. The van der Waals surface area contributed by atoms with Crippen LogP contribution in [-0.4, -0.2) is 43.1 Å². The SMILES string of the molecule is Nc1ccc(OCCc2ccccc2N(CCO)CCO)c(N)c1. The van der Waals surface area contributed by atoms with Crippen LogP contribution in [0.25, 0.3) is 0 Å². The van der Waals surface area contributed by atoms with Crippen LogP contribution < -0.4 is 21.1 Å². The Kier molecular flexibility index (Phi) is 6.72. The summed E-state index contributed by atoms with van der Waals surface area (Å²) in [6, 6.07) is 13.1. The molecule has 0 aliphatic carbocycles. The van der Waals surface area contributed by atoms with Gasteiger partial charge in [0.25, 0.3) is 0 Å². The molecule has 0 aliphatic heterocycles. The van der Waals surface area contributed by atoms with Gasteiger partial charge in [-0.15, -0.1) is 0 Å². The van der Waals surface area contributed by atoms with Crippen LogP contribution in [0.2, 0.25) is 0 Å². The predicted octanol–water partition coefficient (Wildman–Crippen LogP) is 1.26. The first-order valence-electron chi connectivity index (χ1n) is 7.98. The minimum absolute atomic E-state index is 0.0345. The predicted molar refractivity (Wildman–Crippen MR) is 97.3 cm³/mol. The quantitative estimate of drug-likeness (QED) is 0.516. The molecule has 0 unspecified atom stereocenters. The van der Waals surface area contributed by atoms with Crippen molar-refractivity contribution in [2.75, 3.05) is 49.3 Å². The average Bonchev–Trinajstić information content (AvgIpc) is 2.57. The zero-order valence-electron chi connectivity index (χ0n) is 13.7. The van der Waals surface area contributed by atoms with Crippen molar-refractivity contribution in [2.24, 2.45) is 0 Å². The van der Waals surface area contributed by atoms with Crippen LogP contribution in [0.15, 0.2) is 42.5 Å². The number of nitrogen functional groups attached to an aromatic ring is 2. The van der Waals surface area contributed by atoms with Crippen LogP contribution in [0, 0.1) is 0 Å². The largest absolute Gasteiger partial charge is 0.491 e. The van der Waals surface area contributed by atoms with Crippen LogP contribution in [0.5, 0.6) is 5.75 Å². The van der Waals surface area contributed by atoms with Gasteiger partial charge in [0.15, 0.2) is 0 Å². The topological polar surface area (TPSA) is 105 Å². The molecule has 0 bridgehead atoms. The third-order valence-electron chi connectivity index (χ3n) is 3.73. The Balaban J connectivity index is 2.04. The van der Waals surface area contributed by atoms with Gasteiger partial charge in [0.2, 0.25) is 0 Å². The highest BCUT2D eigenvalue weighted by Crippen LogP contribution is 2.25. The maximum atomic E-state index is 9.22. The van der Waals surface area contributed by atoms with Gasteiger partial charge in [-0.2, -0.15) is 0 Å². The molecule has 0 spiro atoms. The minimum Gasteiger partial charge on any atom is -0.491 e. The van der Waals surface area contributed by atoms with Crippen LogP contribution in [0.4, 0.5) is 17.1 Å². The van der Waals surface area contributed by atoms with Gasteiger partial charge < -0.3 is 31.3 Å². The van der Waals surface area contributed by atoms with Crippen molar-refractivity contribution in [1.82, 2.24) is 0 Å². The molecule has 6 nitrogen and oxygen atoms in total. The number of rotatable bonds is 9. The molecule has 6 N–H and O–H groups in total. The van der Waals surface area contributed by atoms with E-state index in [1.807, 2.05) is 29.2 Å². The second kappa shape index (κ2) is 9.00. The monoisotopic (exact) mass is 331 g/mol. The van der Waals surface area contributed by atoms with Gasteiger partial charge in [-0.3, -0.25) is 0 Å². The standard InChI is InChI=1S/C18H25N3O3/c19-15-5-6-18(16(20)13-15)24-12-7-14-3-1-2-4-17(14)21(8-10-22)9-11-23/h1-6,13,22-23H,7-12,19-20H2. The van der Waals surface area contributed by atoms with Gasteiger partial charge in [-0.25, -0.2) is 0 Å². The number of hydrogen-bond acceptors (Lipinski definition) is 6. The summed E-state index contributed by atoms with van der Waals surface area (Å²) in [4.78, 5) is 1.97. The molecule has 0 heterocycles. The molecule has 0 fully saturated rings. The molecular formula is C18H25N3O3. The third-order valence-corrected chi connectivity index (χ3v) is 3.73. The van der Waals surface area contributed by atoms with Crippen molar-refractivity contribution in [3.05, 3.63) is 48.0 Å². The van der Waals surface area contributed by atoms with Gasteiger partial charge in [0.05, 0.1) is 25.5 Å². The minimum atomic E-state index is 0.0345. The summed E-state index contributed by atoms with van der Waals surface area (Å²) in [6.07, 6.45) is 0.688. The molecule has 0 amide bonds. The fraction of sp³-hybridized carbons (Fsp3) is 0.333. The summed E-state index contributed by atoms with van der Waals surface area (Å²) in [7, 11) is 0. The molecule has 0 aliphatic rings. The van der Waals surface area contributed by atoms with E-state index >= 15 is 0 Å². The average molecular weight is 331 g/mol. The van der Waals surface area contributed by atoms with Crippen molar-refractivity contribution < 1.29 is 14.9 Å². The molecule has 2 aromatic rings. The maximum Gasteiger partial charge on any atom is 0.142 e. The van der Waals surface area contributed by atoms with E-state index in [2.05, 4.69) is 0 Å². The Labute approximate surface area is 142 Å².